The number of H-pyrrole nitrogens is 1. The smallest absolute Gasteiger partial charge is 0.332 e. The molecule has 0 saturated heterocycles. The Labute approximate surface area is 211 Å². The highest BCUT2D eigenvalue weighted by molar-refractivity contribution is 6.24. The highest BCUT2D eigenvalue weighted by Crippen LogP contribution is 2.24. The summed E-state index contributed by atoms with van der Waals surface area (Å²) >= 11 is 0. The number of hydrogen-bond acceptors (Lipinski definition) is 5. The Morgan fingerprint density at radius 2 is 1.81 bits per heavy atom. The fourth-order valence-electron chi connectivity index (χ4n) is 3.43. The van der Waals surface area contributed by atoms with E-state index >= 15 is 0 Å². The van der Waals surface area contributed by atoms with Gasteiger partial charge in [0.05, 0.1) is 5.56 Å². The molecule has 0 radical (unpaired) electrons. The van der Waals surface area contributed by atoms with Gasteiger partial charge in [-0.15, -0.1) is 0 Å². The van der Waals surface area contributed by atoms with Gasteiger partial charge >= 0.3 is 5.97 Å². The van der Waals surface area contributed by atoms with Crippen molar-refractivity contribution < 1.29 is 29.0 Å². The fourth-order valence-corrected chi connectivity index (χ4v) is 3.43. The van der Waals surface area contributed by atoms with Crippen molar-refractivity contribution >= 4 is 29.4 Å². The van der Waals surface area contributed by atoms with Crippen LogP contribution in [0.1, 0.15) is 53.6 Å². The molecule has 9 nitrogen and oxygen atoms in total. The summed E-state index contributed by atoms with van der Waals surface area (Å²) in [5.41, 5.74) is 3.45. The third-order valence-corrected chi connectivity index (χ3v) is 5.56. The number of rotatable bonds is 10. The number of carboxylic acid groups (broad SMARTS) is 1. The number of nitrogens with zero attached hydrogens (tertiary/aromatic N) is 1. The lowest BCUT2D eigenvalue weighted by molar-refractivity contribution is -0.145. The van der Waals surface area contributed by atoms with Gasteiger partial charge < -0.3 is 30.7 Å². The third-order valence-electron chi connectivity index (χ3n) is 5.56. The van der Waals surface area contributed by atoms with Crippen LogP contribution in [-0.2, 0) is 9.59 Å². The predicted octanol–water partition coefficient (Wildman–Crippen LogP) is 2.58. The number of carbonyl (C=O) groups is 3. The Kier molecular flexibility index (Phi) is 12.5. The van der Waals surface area contributed by atoms with Gasteiger partial charge in [0.1, 0.15) is 11.9 Å². The number of amides is 2. The minimum Gasteiger partial charge on any atom is -0.479 e. The summed E-state index contributed by atoms with van der Waals surface area (Å²) < 4.78 is 13.7. The van der Waals surface area contributed by atoms with Crippen LogP contribution >= 0.6 is 0 Å². The molecular weight excluding hydrogens is 467 g/mol. The van der Waals surface area contributed by atoms with Gasteiger partial charge in [0.15, 0.2) is 0 Å². The highest BCUT2D eigenvalue weighted by atomic mass is 19.1. The van der Waals surface area contributed by atoms with Gasteiger partial charge in [0, 0.05) is 37.1 Å². The lowest BCUT2D eigenvalue weighted by Crippen LogP contribution is -2.35. The fraction of sp³-hybridized carbons (Fsp3) is 0.423. The molecule has 0 bridgehead atoms. The van der Waals surface area contributed by atoms with Gasteiger partial charge in [-0.1, -0.05) is 26.0 Å². The number of aromatic nitrogens is 1. The SMILES string of the molecule is CC(O)C(=O)O.CCN(CC)CCNC(=O)c1c(C)[nH]c(/C=C(\C(=O)NC)c2cccc(F)c2)c1C. The van der Waals surface area contributed by atoms with Crippen LogP contribution in [0.4, 0.5) is 4.39 Å². The average Bonchev–Trinajstić information content (AvgIpc) is 3.12. The van der Waals surface area contributed by atoms with E-state index in [1.165, 1.54) is 26.1 Å². The van der Waals surface area contributed by atoms with Gasteiger partial charge in [0.25, 0.3) is 11.8 Å². The van der Waals surface area contributed by atoms with Crippen LogP contribution in [0.5, 0.6) is 0 Å². The molecule has 1 heterocycles. The van der Waals surface area contributed by atoms with Crippen molar-refractivity contribution in [3.8, 4) is 0 Å². The number of carbonyl (C=O) groups excluding carboxylic acids is 2. The van der Waals surface area contributed by atoms with E-state index in [1.807, 2.05) is 13.8 Å². The Balaban J connectivity index is 0.000000960. The summed E-state index contributed by atoms with van der Waals surface area (Å²) in [6.07, 6.45) is 0.424. The van der Waals surface area contributed by atoms with Crippen molar-refractivity contribution in [2.75, 3.05) is 33.2 Å². The summed E-state index contributed by atoms with van der Waals surface area (Å²) in [5, 5.41) is 21.3. The van der Waals surface area contributed by atoms with Crippen LogP contribution in [0.25, 0.3) is 11.6 Å². The number of nitrogens with one attached hydrogen (secondary N) is 3. The standard InChI is InChI=1S/C23H31FN4O2.C3H6O3/c1-6-28(7-2)12-11-26-23(30)21-15(3)20(27-16(21)4)14-19(22(29)25-5)17-9-8-10-18(24)13-17;1-2(4)3(5)6/h8-10,13-14,27H,6-7,11-12H2,1-5H3,(H,25,29)(H,26,30);2,4H,1H3,(H,5,6)/b19-14-;. The number of aromatic amines is 1. The molecule has 36 heavy (non-hydrogen) atoms. The molecule has 1 unspecified atom stereocenters. The molecule has 5 N–H and O–H groups in total. The van der Waals surface area contributed by atoms with Gasteiger partial charge in [-0.3, -0.25) is 9.59 Å². The predicted molar refractivity (Wildman–Crippen MR) is 138 cm³/mol. The Morgan fingerprint density at radius 3 is 2.31 bits per heavy atom. The van der Waals surface area contributed by atoms with Crippen LogP contribution in [0.2, 0.25) is 0 Å². The van der Waals surface area contributed by atoms with E-state index in [9.17, 15) is 18.8 Å². The minimum absolute atomic E-state index is 0.152. The van der Waals surface area contributed by atoms with E-state index < -0.39 is 17.9 Å². The Morgan fingerprint density at radius 1 is 1.19 bits per heavy atom. The number of aliphatic carboxylic acids is 1. The Bertz CT molecular complexity index is 1070. The zero-order valence-electron chi connectivity index (χ0n) is 21.7. The third kappa shape index (κ3) is 8.94. The lowest BCUT2D eigenvalue weighted by Gasteiger charge is -2.18. The molecular formula is C26H37FN4O5. The molecule has 10 heteroatoms. The summed E-state index contributed by atoms with van der Waals surface area (Å²) in [6.45, 7) is 12.3. The van der Waals surface area contributed by atoms with Crippen molar-refractivity contribution in [1.82, 2.24) is 20.5 Å². The molecule has 2 aromatic rings. The first-order valence-electron chi connectivity index (χ1n) is 11.8. The Hall–Kier alpha value is -3.50. The number of carboxylic acids is 1. The van der Waals surface area contributed by atoms with Crippen molar-refractivity contribution in [2.45, 2.75) is 40.7 Å². The van der Waals surface area contributed by atoms with E-state index in [2.05, 4.69) is 34.4 Å². The number of aryl methyl sites for hydroxylation is 1. The molecule has 1 atom stereocenters. The monoisotopic (exact) mass is 504 g/mol. The first-order chi connectivity index (χ1) is 17.0. The van der Waals surface area contributed by atoms with Crippen LogP contribution in [0.3, 0.4) is 0 Å². The molecule has 0 aliphatic rings. The molecule has 0 fully saturated rings. The zero-order valence-corrected chi connectivity index (χ0v) is 21.7. The van der Waals surface area contributed by atoms with Crippen molar-refractivity contribution in [2.24, 2.45) is 0 Å². The van der Waals surface area contributed by atoms with E-state index in [0.29, 0.717) is 28.9 Å². The lowest BCUT2D eigenvalue weighted by atomic mass is 10.0. The molecule has 0 saturated carbocycles. The van der Waals surface area contributed by atoms with Crippen LogP contribution in [0, 0.1) is 19.7 Å². The van der Waals surface area contributed by atoms with Gasteiger partial charge in [-0.05, 0) is 63.2 Å². The summed E-state index contributed by atoms with van der Waals surface area (Å²) in [7, 11) is 1.52. The molecule has 0 aliphatic carbocycles. The second-order valence-corrected chi connectivity index (χ2v) is 8.11. The van der Waals surface area contributed by atoms with E-state index in [-0.39, 0.29) is 11.8 Å². The highest BCUT2D eigenvalue weighted by Gasteiger charge is 2.19. The molecule has 1 aromatic carbocycles. The van der Waals surface area contributed by atoms with Crippen molar-refractivity contribution in [1.29, 1.82) is 0 Å². The zero-order chi connectivity index (χ0) is 27.4. The second-order valence-electron chi connectivity index (χ2n) is 8.11. The number of likely N-dealkylation sites (N-methyl/N-ethyl adjacent to an activating group) is 2. The first-order valence-corrected chi connectivity index (χ1v) is 11.8. The number of halogens is 1. The molecule has 0 spiro atoms. The van der Waals surface area contributed by atoms with Crippen LogP contribution in [0.15, 0.2) is 24.3 Å². The molecule has 1 aromatic heterocycles. The van der Waals surface area contributed by atoms with Crippen LogP contribution in [-0.4, -0.2) is 77.2 Å². The van der Waals surface area contributed by atoms with Crippen molar-refractivity contribution in [3.05, 3.63) is 58.2 Å². The largest absolute Gasteiger partial charge is 0.479 e. The number of hydrogen-bond donors (Lipinski definition) is 5. The van der Waals surface area contributed by atoms with E-state index in [0.717, 1.165) is 30.9 Å². The quantitative estimate of drug-likeness (QED) is 0.316. The maximum atomic E-state index is 13.7. The average molecular weight is 505 g/mol. The normalized spacial score (nSPS) is 12.0. The first kappa shape index (κ1) is 30.5. The van der Waals surface area contributed by atoms with Gasteiger partial charge in [0.2, 0.25) is 0 Å². The number of aliphatic hydroxyl groups is 1. The van der Waals surface area contributed by atoms with Crippen molar-refractivity contribution in [3.63, 3.8) is 0 Å². The number of benzene rings is 1. The summed E-state index contributed by atoms with van der Waals surface area (Å²) in [5.74, 6) is -2.09. The maximum absolute atomic E-state index is 13.7. The van der Waals surface area contributed by atoms with Gasteiger partial charge in [-0.25, -0.2) is 9.18 Å². The van der Waals surface area contributed by atoms with E-state index in [4.69, 9.17) is 10.2 Å². The molecule has 2 amide bonds. The van der Waals surface area contributed by atoms with Crippen LogP contribution < -0.4 is 10.6 Å². The molecule has 198 valence electrons. The maximum Gasteiger partial charge on any atom is 0.332 e. The van der Waals surface area contributed by atoms with E-state index in [1.54, 1.807) is 18.2 Å². The minimum atomic E-state index is -1.23. The van der Waals surface area contributed by atoms with Gasteiger partial charge in [-0.2, -0.15) is 0 Å². The summed E-state index contributed by atoms with van der Waals surface area (Å²) in [6, 6.07) is 5.88. The summed E-state index contributed by atoms with van der Waals surface area (Å²) in [4.78, 5) is 40.0. The number of aliphatic hydroxyl groups excluding tert-OH is 1. The second kappa shape index (κ2) is 14.8. The molecule has 0 aliphatic heterocycles. The molecule has 2 rings (SSSR count). The topological polar surface area (TPSA) is 135 Å².